The number of carbonyl (C=O) groups is 1. The van der Waals surface area contributed by atoms with Gasteiger partial charge in [-0.15, -0.1) is 16.6 Å². The normalized spacial score (nSPS) is 10.9. The van der Waals surface area contributed by atoms with Gasteiger partial charge in [-0.3, -0.25) is 4.79 Å². The zero-order valence-corrected chi connectivity index (χ0v) is 14.2. The zero-order chi connectivity index (χ0) is 20.1. The first-order chi connectivity index (χ1) is 13.4. The van der Waals surface area contributed by atoms with Gasteiger partial charge in [0.2, 0.25) is 5.89 Å². The fraction of sp³-hybridized carbons (Fsp3) is 0.105. The van der Waals surface area contributed by atoms with Gasteiger partial charge in [-0.05, 0) is 36.4 Å². The number of nitrogens with one attached hydrogen (secondary N) is 2. The lowest BCUT2D eigenvalue weighted by molar-refractivity contribution is -0.137. The number of aromatic nitrogens is 2. The van der Waals surface area contributed by atoms with Gasteiger partial charge < -0.3 is 15.1 Å². The minimum Gasteiger partial charge on any atom is -0.412 e. The topological polar surface area (TPSA) is 80.0 Å². The fourth-order valence-electron chi connectivity index (χ4n) is 2.31. The van der Waals surface area contributed by atoms with E-state index in [1.807, 2.05) is 0 Å². The van der Waals surface area contributed by atoms with Gasteiger partial charge in [-0.1, -0.05) is 18.1 Å². The van der Waals surface area contributed by atoms with E-state index in [0.717, 1.165) is 12.1 Å². The van der Waals surface area contributed by atoms with Crippen LogP contribution in [0.5, 0.6) is 0 Å². The van der Waals surface area contributed by atoms with E-state index in [4.69, 9.17) is 10.8 Å². The molecule has 0 aliphatic heterocycles. The van der Waals surface area contributed by atoms with Crippen molar-refractivity contribution in [2.75, 3.05) is 11.9 Å². The van der Waals surface area contributed by atoms with E-state index in [0.29, 0.717) is 16.9 Å². The number of alkyl halides is 3. The second-order valence-electron chi connectivity index (χ2n) is 5.54. The number of anilines is 2. The van der Waals surface area contributed by atoms with Crippen LogP contribution in [0, 0.1) is 12.3 Å². The van der Waals surface area contributed by atoms with Gasteiger partial charge in [0.1, 0.15) is 0 Å². The Kier molecular flexibility index (Phi) is 5.31. The largest absolute Gasteiger partial charge is 0.416 e. The van der Waals surface area contributed by atoms with Crippen LogP contribution in [0.3, 0.4) is 0 Å². The zero-order valence-electron chi connectivity index (χ0n) is 14.2. The summed E-state index contributed by atoms with van der Waals surface area (Å²) in [5, 5.41) is 12.9. The Morgan fingerprint density at radius 2 is 1.82 bits per heavy atom. The standard InChI is InChI=1S/C19H13F3N4O2/c1-2-11-23-16(27)18-26-25-17(28-18)14-5-3-4-6-15(14)24-13-9-7-12(8-10-13)19(20,21)22/h1,3-10,24H,11H2,(H,23,27). The Morgan fingerprint density at radius 1 is 1.11 bits per heavy atom. The smallest absolute Gasteiger partial charge is 0.412 e. The maximum Gasteiger partial charge on any atom is 0.416 e. The molecule has 1 heterocycles. The van der Waals surface area contributed by atoms with Crippen molar-refractivity contribution >= 4 is 17.3 Å². The van der Waals surface area contributed by atoms with Crippen LogP contribution >= 0.6 is 0 Å². The van der Waals surface area contributed by atoms with Crippen molar-refractivity contribution in [2.45, 2.75) is 6.18 Å². The number of hydrogen-bond acceptors (Lipinski definition) is 5. The van der Waals surface area contributed by atoms with Crippen molar-refractivity contribution < 1.29 is 22.4 Å². The number of hydrogen-bond donors (Lipinski definition) is 2. The van der Waals surface area contributed by atoms with E-state index >= 15 is 0 Å². The lowest BCUT2D eigenvalue weighted by Crippen LogP contribution is -2.23. The predicted molar refractivity (Wildman–Crippen MR) is 95.6 cm³/mol. The molecule has 3 aromatic rings. The number of halogens is 3. The summed E-state index contributed by atoms with van der Waals surface area (Å²) in [4.78, 5) is 11.8. The number of para-hydroxylation sites is 1. The van der Waals surface area contributed by atoms with Crippen molar-refractivity contribution in [2.24, 2.45) is 0 Å². The van der Waals surface area contributed by atoms with Crippen LogP contribution in [0.25, 0.3) is 11.5 Å². The van der Waals surface area contributed by atoms with Gasteiger partial charge in [0.05, 0.1) is 23.4 Å². The molecule has 1 amide bonds. The molecular formula is C19H13F3N4O2. The third-order valence-corrected chi connectivity index (χ3v) is 3.62. The highest BCUT2D eigenvalue weighted by atomic mass is 19.4. The maximum absolute atomic E-state index is 12.7. The van der Waals surface area contributed by atoms with Gasteiger partial charge in [-0.25, -0.2) is 0 Å². The number of amides is 1. The highest BCUT2D eigenvalue weighted by molar-refractivity contribution is 5.90. The molecule has 0 saturated heterocycles. The molecule has 6 nitrogen and oxygen atoms in total. The number of rotatable bonds is 5. The molecule has 0 fully saturated rings. The highest BCUT2D eigenvalue weighted by Gasteiger charge is 2.30. The molecule has 2 aromatic carbocycles. The van der Waals surface area contributed by atoms with Crippen molar-refractivity contribution in [1.82, 2.24) is 15.5 Å². The molecule has 0 saturated carbocycles. The van der Waals surface area contributed by atoms with Crippen LogP contribution in [-0.4, -0.2) is 22.6 Å². The molecule has 28 heavy (non-hydrogen) atoms. The van der Waals surface area contributed by atoms with Crippen molar-refractivity contribution in [3.05, 3.63) is 60.0 Å². The first-order valence-electron chi connectivity index (χ1n) is 7.97. The lowest BCUT2D eigenvalue weighted by atomic mass is 10.1. The van der Waals surface area contributed by atoms with E-state index in [1.54, 1.807) is 24.3 Å². The van der Waals surface area contributed by atoms with Gasteiger partial charge >= 0.3 is 18.0 Å². The average molecular weight is 386 g/mol. The van der Waals surface area contributed by atoms with Crippen molar-refractivity contribution in [3.8, 4) is 23.8 Å². The molecule has 142 valence electrons. The summed E-state index contributed by atoms with van der Waals surface area (Å²) in [6.45, 7) is 0.0165. The second kappa shape index (κ2) is 7.84. The number of terminal acetylenes is 1. The molecule has 0 bridgehead atoms. The quantitative estimate of drug-likeness (QED) is 0.651. The Balaban J connectivity index is 1.83. The van der Waals surface area contributed by atoms with E-state index in [2.05, 4.69) is 26.8 Å². The molecular weight excluding hydrogens is 373 g/mol. The molecule has 0 aliphatic rings. The summed E-state index contributed by atoms with van der Waals surface area (Å²) in [6.07, 6.45) is 0.669. The first kappa shape index (κ1) is 19.0. The van der Waals surface area contributed by atoms with Crippen LogP contribution in [-0.2, 0) is 6.18 Å². The highest BCUT2D eigenvalue weighted by Crippen LogP contribution is 2.32. The van der Waals surface area contributed by atoms with Crippen LogP contribution in [0.2, 0.25) is 0 Å². The number of nitrogens with zero attached hydrogens (tertiary/aromatic N) is 2. The molecule has 2 N–H and O–H groups in total. The van der Waals surface area contributed by atoms with E-state index in [-0.39, 0.29) is 18.3 Å². The average Bonchev–Trinajstić information content (AvgIpc) is 3.16. The Bertz CT molecular complexity index is 1020. The van der Waals surface area contributed by atoms with Gasteiger partial charge in [0.15, 0.2) is 0 Å². The Morgan fingerprint density at radius 3 is 2.50 bits per heavy atom. The molecule has 1 aromatic heterocycles. The van der Waals surface area contributed by atoms with Gasteiger partial charge in [-0.2, -0.15) is 13.2 Å². The minimum absolute atomic E-state index is 0.0165. The molecule has 0 spiro atoms. The van der Waals surface area contributed by atoms with Crippen molar-refractivity contribution in [3.63, 3.8) is 0 Å². The SMILES string of the molecule is C#CCNC(=O)c1nnc(-c2ccccc2Nc2ccc(C(F)(F)F)cc2)o1. The Hall–Kier alpha value is -3.80. The molecule has 0 atom stereocenters. The van der Waals surface area contributed by atoms with Crippen molar-refractivity contribution in [1.29, 1.82) is 0 Å². The second-order valence-corrected chi connectivity index (χ2v) is 5.54. The third-order valence-electron chi connectivity index (χ3n) is 3.62. The molecule has 0 radical (unpaired) electrons. The summed E-state index contributed by atoms with van der Waals surface area (Å²) in [7, 11) is 0. The van der Waals surface area contributed by atoms with Gasteiger partial charge in [0, 0.05) is 5.69 Å². The third kappa shape index (κ3) is 4.29. The van der Waals surface area contributed by atoms with Crippen LogP contribution in [0.15, 0.2) is 52.9 Å². The summed E-state index contributed by atoms with van der Waals surface area (Å²) in [5.41, 5.74) is 0.685. The fourth-order valence-corrected chi connectivity index (χ4v) is 2.31. The monoisotopic (exact) mass is 386 g/mol. The van der Waals surface area contributed by atoms with Crippen LogP contribution < -0.4 is 10.6 Å². The van der Waals surface area contributed by atoms with E-state index in [9.17, 15) is 18.0 Å². The van der Waals surface area contributed by atoms with Crippen LogP contribution in [0.1, 0.15) is 16.2 Å². The van der Waals surface area contributed by atoms with E-state index in [1.165, 1.54) is 12.1 Å². The number of carbonyl (C=O) groups excluding carboxylic acids is 1. The molecule has 0 unspecified atom stereocenters. The van der Waals surface area contributed by atoms with Crippen LogP contribution in [0.4, 0.5) is 24.5 Å². The summed E-state index contributed by atoms with van der Waals surface area (Å²) < 4.78 is 43.4. The lowest BCUT2D eigenvalue weighted by Gasteiger charge is -2.11. The molecule has 9 heteroatoms. The van der Waals surface area contributed by atoms with E-state index < -0.39 is 17.6 Å². The maximum atomic E-state index is 12.7. The summed E-state index contributed by atoms with van der Waals surface area (Å²) in [6, 6.07) is 11.4. The molecule has 0 aliphatic carbocycles. The minimum atomic E-state index is -4.41. The summed E-state index contributed by atoms with van der Waals surface area (Å²) in [5.74, 6) is 1.46. The first-order valence-corrected chi connectivity index (χ1v) is 7.97. The Labute approximate surface area is 157 Å². The predicted octanol–water partition coefficient (Wildman–Crippen LogP) is 3.86. The number of benzene rings is 2. The summed E-state index contributed by atoms with van der Waals surface area (Å²) >= 11 is 0. The molecule has 3 rings (SSSR count). The van der Waals surface area contributed by atoms with Gasteiger partial charge in [0.25, 0.3) is 0 Å².